The summed E-state index contributed by atoms with van der Waals surface area (Å²) in [6.07, 6.45) is 1.50. The molecule has 0 aliphatic carbocycles. The van der Waals surface area contributed by atoms with E-state index in [1.54, 1.807) is 6.92 Å². The molecule has 1 saturated heterocycles. The molecule has 1 rings (SSSR count). The van der Waals surface area contributed by atoms with Crippen molar-refractivity contribution in [3.63, 3.8) is 0 Å². The molecule has 0 amide bonds. The van der Waals surface area contributed by atoms with Crippen LogP contribution in [0.4, 0.5) is 0 Å². The lowest BCUT2D eigenvalue weighted by molar-refractivity contribution is -0.546. The predicted molar refractivity (Wildman–Crippen MR) is 42.3 cm³/mol. The Morgan fingerprint density at radius 3 is 2.77 bits per heavy atom. The van der Waals surface area contributed by atoms with Gasteiger partial charge in [0, 0.05) is 0 Å². The molecule has 0 radical (unpaired) electrons. The van der Waals surface area contributed by atoms with E-state index in [1.165, 1.54) is 6.08 Å². The number of hydrogen-bond donors (Lipinski definition) is 0. The lowest BCUT2D eigenvalue weighted by Crippen LogP contribution is -2.42. The van der Waals surface area contributed by atoms with Crippen LogP contribution in [0.25, 0.3) is 0 Å². The van der Waals surface area contributed by atoms with Crippen molar-refractivity contribution < 1.29 is 24.3 Å². The number of carbonyl (C=O) groups is 1. The first-order chi connectivity index (χ1) is 6.19. The summed E-state index contributed by atoms with van der Waals surface area (Å²) < 4.78 is 4.86. The SMILES string of the molecule is C=CCOC(=O)C1(C)COOOC1. The third-order valence-electron chi connectivity index (χ3n) is 1.68. The van der Waals surface area contributed by atoms with Crippen LogP contribution in [0, 0.1) is 5.41 Å². The Labute approximate surface area is 76.1 Å². The maximum Gasteiger partial charge on any atom is 0.317 e. The molecule has 0 saturated carbocycles. The summed E-state index contributed by atoms with van der Waals surface area (Å²) in [4.78, 5) is 20.5. The minimum atomic E-state index is -0.790. The Hall–Kier alpha value is -0.910. The van der Waals surface area contributed by atoms with Gasteiger partial charge in [-0.2, -0.15) is 0 Å². The van der Waals surface area contributed by atoms with Crippen molar-refractivity contribution in [3.05, 3.63) is 12.7 Å². The highest BCUT2D eigenvalue weighted by Crippen LogP contribution is 2.23. The number of rotatable bonds is 3. The van der Waals surface area contributed by atoms with Crippen LogP contribution in [0.3, 0.4) is 0 Å². The highest BCUT2D eigenvalue weighted by molar-refractivity contribution is 5.76. The third-order valence-corrected chi connectivity index (χ3v) is 1.68. The maximum atomic E-state index is 11.4. The molecule has 13 heavy (non-hydrogen) atoms. The van der Waals surface area contributed by atoms with Crippen LogP contribution < -0.4 is 0 Å². The zero-order valence-electron chi connectivity index (χ0n) is 7.45. The van der Waals surface area contributed by atoms with E-state index in [4.69, 9.17) is 4.74 Å². The minimum Gasteiger partial charge on any atom is -0.461 e. The van der Waals surface area contributed by atoms with Crippen molar-refractivity contribution in [2.75, 3.05) is 19.8 Å². The number of esters is 1. The zero-order chi connectivity index (χ0) is 9.73. The van der Waals surface area contributed by atoms with Crippen molar-refractivity contribution in [2.24, 2.45) is 5.41 Å². The lowest BCUT2D eigenvalue weighted by atomic mass is 9.93. The summed E-state index contributed by atoms with van der Waals surface area (Å²) in [7, 11) is 0. The maximum absolute atomic E-state index is 11.4. The Kier molecular flexibility index (Phi) is 3.41. The molecule has 1 aliphatic rings. The quantitative estimate of drug-likeness (QED) is 0.369. The zero-order valence-corrected chi connectivity index (χ0v) is 7.45. The highest BCUT2D eigenvalue weighted by Gasteiger charge is 2.39. The Balaban J connectivity index is 2.46. The molecule has 0 N–H and O–H groups in total. The molecule has 0 unspecified atom stereocenters. The first kappa shape index (κ1) is 10.2. The number of carbonyl (C=O) groups excluding carboxylic acids is 1. The molecule has 5 heteroatoms. The molecule has 74 valence electrons. The van der Waals surface area contributed by atoms with Gasteiger partial charge in [0.1, 0.15) is 25.2 Å². The molecule has 1 aliphatic heterocycles. The van der Waals surface area contributed by atoms with Crippen molar-refractivity contribution in [1.82, 2.24) is 0 Å². The monoisotopic (exact) mass is 188 g/mol. The van der Waals surface area contributed by atoms with Crippen LogP contribution in [0.15, 0.2) is 12.7 Å². The summed E-state index contributed by atoms with van der Waals surface area (Å²) in [6.45, 7) is 5.56. The fourth-order valence-corrected chi connectivity index (χ4v) is 0.811. The van der Waals surface area contributed by atoms with Gasteiger partial charge in [-0.25, -0.2) is 9.78 Å². The largest absolute Gasteiger partial charge is 0.461 e. The predicted octanol–water partition coefficient (Wildman–Crippen LogP) is 0.615. The molecule has 0 bridgehead atoms. The molecule has 0 aromatic rings. The van der Waals surface area contributed by atoms with Gasteiger partial charge in [0.2, 0.25) is 0 Å². The smallest absolute Gasteiger partial charge is 0.317 e. The second-order valence-electron chi connectivity index (χ2n) is 3.04. The van der Waals surface area contributed by atoms with Gasteiger partial charge in [-0.3, -0.25) is 4.79 Å². The average Bonchev–Trinajstić information content (AvgIpc) is 2.15. The third kappa shape index (κ3) is 2.51. The summed E-state index contributed by atoms with van der Waals surface area (Å²) >= 11 is 0. The first-order valence-corrected chi connectivity index (χ1v) is 3.88. The Bertz CT molecular complexity index is 195. The van der Waals surface area contributed by atoms with E-state index in [-0.39, 0.29) is 25.8 Å². The van der Waals surface area contributed by atoms with Crippen LogP contribution in [0.2, 0.25) is 0 Å². The van der Waals surface area contributed by atoms with E-state index in [1.807, 2.05) is 0 Å². The standard InChI is InChI=1S/C8H12O5/c1-3-4-10-7(9)8(2)5-11-13-12-6-8/h3H,1,4-6H2,2H3. The van der Waals surface area contributed by atoms with E-state index in [2.05, 4.69) is 21.4 Å². The molecule has 0 aromatic carbocycles. The van der Waals surface area contributed by atoms with Crippen LogP contribution >= 0.6 is 0 Å². The van der Waals surface area contributed by atoms with E-state index in [0.717, 1.165) is 0 Å². The summed E-state index contributed by atoms with van der Waals surface area (Å²) in [5.74, 6) is -0.379. The molecule has 0 aromatic heterocycles. The second kappa shape index (κ2) is 4.36. The Morgan fingerprint density at radius 1 is 1.62 bits per heavy atom. The van der Waals surface area contributed by atoms with Gasteiger partial charge in [0.25, 0.3) is 0 Å². The van der Waals surface area contributed by atoms with Crippen molar-refractivity contribution in [3.8, 4) is 0 Å². The minimum absolute atomic E-state index is 0.128. The molecule has 0 spiro atoms. The topological polar surface area (TPSA) is 54.0 Å². The van der Waals surface area contributed by atoms with Crippen LogP contribution in [0.1, 0.15) is 6.92 Å². The van der Waals surface area contributed by atoms with Gasteiger partial charge >= 0.3 is 5.97 Å². The highest BCUT2D eigenvalue weighted by atomic mass is 17.5. The average molecular weight is 188 g/mol. The van der Waals surface area contributed by atoms with Gasteiger partial charge in [-0.15, -0.1) is 0 Å². The molecule has 5 nitrogen and oxygen atoms in total. The molecular formula is C8H12O5. The van der Waals surface area contributed by atoms with Gasteiger partial charge < -0.3 is 4.74 Å². The van der Waals surface area contributed by atoms with Crippen molar-refractivity contribution >= 4 is 5.97 Å². The number of hydrogen-bond acceptors (Lipinski definition) is 5. The number of ether oxygens (including phenoxy) is 1. The summed E-state index contributed by atoms with van der Waals surface area (Å²) in [6, 6.07) is 0. The molecular weight excluding hydrogens is 176 g/mol. The van der Waals surface area contributed by atoms with Crippen LogP contribution in [-0.2, 0) is 24.3 Å². The van der Waals surface area contributed by atoms with Crippen molar-refractivity contribution in [2.45, 2.75) is 6.92 Å². The van der Waals surface area contributed by atoms with Gasteiger partial charge in [-0.1, -0.05) is 17.7 Å². The fraction of sp³-hybridized carbons (Fsp3) is 0.625. The Morgan fingerprint density at radius 2 is 2.23 bits per heavy atom. The van der Waals surface area contributed by atoms with Crippen LogP contribution in [0.5, 0.6) is 0 Å². The normalized spacial score (nSPS) is 20.7. The van der Waals surface area contributed by atoms with E-state index in [9.17, 15) is 4.79 Å². The fourth-order valence-electron chi connectivity index (χ4n) is 0.811. The van der Waals surface area contributed by atoms with E-state index < -0.39 is 5.41 Å². The second-order valence-corrected chi connectivity index (χ2v) is 3.04. The summed E-state index contributed by atoms with van der Waals surface area (Å²) in [5, 5.41) is 4.19. The molecule has 1 heterocycles. The summed E-state index contributed by atoms with van der Waals surface area (Å²) in [5.41, 5.74) is -0.790. The lowest BCUT2D eigenvalue weighted by Gasteiger charge is -2.28. The van der Waals surface area contributed by atoms with E-state index in [0.29, 0.717) is 0 Å². The van der Waals surface area contributed by atoms with Gasteiger partial charge in [-0.05, 0) is 6.92 Å². The van der Waals surface area contributed by atoms with Gasteiger partial charge in [0.15, 0.2) is 0 Å². The molecule has 1 fully saturated rings. The van der Waals surface area contributed by atoms with E-state index >= 15 is 0 Å². The van der Waals surface area contributed by atoms with Crippen molar-refractivity contribution in [1.29, 1.82) is 0 Å². The first-order valence-electron chi connectivity index (χ1n) is 3.88. The van der Waals surface area contributed by atoms with Gasteiger partial charge in [0.05, 0.1) is 0 Å². The van der Waals surface area contributed by atoms with Crippen LogP contribution in [-0.4, -0.2) is 25.8 Å². The molecule has 0 atom stereocenters.